The van der Waals surface area contributed by atoms with Gasteiger partial charge >= 0.3 is 0 Å². The molecule has 0 unspecified atom stereocenters. The number of nitrogens with one attached hydrogen (secondary N) is 3. The SMILES string of the molecule is CCc1[nH]nc(NC2CCNCC2)c1-c1ccccc1. The number of piperidine rings is 1. The first-order valence-electron chi connectivity index (χ1n) is 7.48. The molecule has 1 aliphatic heterocycles. The van der Waals surface area contributed by atoms with Crippen molar-refractivity contribution >= 4 is 5.82 Å². The number of benzene rings is 1. The number of anilines is 1. The van der Waals surface area contributed by atoms with Gasteiger partial charge in [-0.3, -0.25) is 5.10 Å². The van der Waals surface area contributed by atoms with Crippen LogP contribution in [0.5, 0.6) is 0 Å². The Bertz CT molecular complexity index is 541. The summed E-state index contributed by atoms with van der Waals surface area (Å²) >= 11 is 0. The Morgan fingerprint density at radius 2 is 1.95 bits per heavy atom. The molecule has 1 saturated heterocycles. The summed E-state index contributed by atoms with van der Waals surface area (Å²) in [6, 6.07) is 11.0. The Balaban J connectivity index is 1.89. The van der Waals surface area contributed by atoms with E-state index in [-0.39, 0.29) is 0 Å². The van der Waals surface area contributed by atoms with Crippen molar-refractivity contribution in [1.82, 2.24) is 15.5 Å². The van der Waals surface area contributed by atoms with Crippen LogP contribution < -0.4 is 10.6 Å². The Morgan fingerprint density at radius 3 is 2.65 bits per heavy atom. The molecule has 1 aromatic heterocycles. The summed E-state index contributed by atoms with van der Waals surface area (Å²) in [7, 11) is 0. The summed E-state index contributed by atoms with van der Waals surface area (Å²) in [6.07, 6.45) is 3.27. The van der Waals surface area contributed by atoms with Gasteiger partial charge in [0, 0.05) is 17.3 Å². The monoisotopic (exact) mass is 270 g/mol. The van der Waals surface area contributed by atoms with E-state index >= 15 is 0 Å². The van der Waals surface area contributed by atoms with Crippen molar-refractivity contribution in [3.05, 3.63) is 36.0 Å². The first-order chi connectivity index (χ1) is 9.88. The minimum atomic E-state index is 0.520. The van der Waals surface area contributed by atoms with E-state index in [2.05, 4.69) is 58.1 Å². The number of hydrogen-bond acceptors (Lipinski definition) is 3. The molecule has 4 nitrogen and oxygen atoms in total. The highest BCUT2D eigenvalue weighted by atomic mass is 15.2. The lowest BCUT2D eigenvalue weighted by molar-refractivity contribution is 0.478. The molecule has 0 amide bonds. The molecule has 106 valence electrons. The van der Waals surface area contributed by atoms with E-state index in [4.69, 9.17) is 0 Å². The maximum atomic E-state index is 4.50. The van der Waals surface area contributed by atoms with Crippen molar-refractivity contribution < 1.29 is 0 Å². The largest absolute Gasteiger partial charge is 0.365 e. The molecule has 3 N–H and O–H groups in total. The molecule has 2 heterocycles. The third kappa shape index (κ3) is 2.70. The van der Waals surface area contributed by atoms with Crippen molar-refractivity contribution in [2.75, 3.05) is 18.4 Å². The zero-order chi connectivity index (χ0) is 13.8. The highest BCUT2D eigenvalue weighted by molar-refractivity contribution is 5.77. The molecule has 4 heteroatoms. The Morgan fingerprint density at radius 1 is 1.20 bits per heavy atom. The van der Waals surface area contributed by atoms with Crippen molar-refractivity contribution in [3.8, 4) is 11.1 Å². The maximum absolute atomic E-state index is 4.50. The maximum Gasteiger partial charge on any atom is 0.156 e. The lowest BCUT2D eigenvalue weighted by atomic mass is 10.0. The van der Waals surface area contributed by atoms with Crippen molar-refractivity contribution in [2.24, 2.45) is 0 Å². The lowest BCUT2D eigenvalue weighted by Gasteiger charge is -2.24. The van der Waals surface area contributed by atoms with Crippen LogP contribution in [-0.4, -0.2) is 29.3 Å². The average Bonchev–Trinajstić information content (AvgIpc) is 2.92. The van der Waals surface area contributed by atoms with Gasteiger partial charge in [0.1, 0.15) is 0 Å². The normalized spacial score (nSPS) is 16.2. The molecule has 0 spiro atoms. The first kappa shape index (κ1) is 13.2. The van der Waals surface area contributed by atoms with E-state index in [0.717, 1.165) is 38.2 Å². The molecular formula is C16H22N4. The van der Waals surface area contributed by atoms with Crippen LogP contribution in [0.1, 0.15) is 25.5 Å². The molecule has 0 saturated carbocycles. The van der Waals surface area contributed by atoms with Crippen molar-refractivity contribution in [2.45, 2.75) is 32.2 Å². The van der Waals surface area contributed by atoms with Crippen molar-refractivity contribution in [3.63, 3.8) is 0 Å². The zero-order valence-electron chi connectivity index (χ0n) is 11.9. The highest BCUT2D eigenvalue weighted by Crippen LogP contribution is 2.31. The molecule has 0 aliphatic carbocycles. The summed E-state index contributed by atoms with van der Waals surface area (Å²) in [5.41, 5.74) is 3.66. The van der Waals surface area contributed by atoms with E-state index in [1.165, 1.54) is 16.8 Å². The van der Waals surface area contributed by atoms with Gasteiger partial charge in [0.25, 0.3) is 0 Å². The van der Waals surface area contributed by atoms with Gasteiger partial charge in [-0.1, -0.05) is 37.3 Å². The van der Waals surface area contributed by atoms with Crippen LogP contribution in [0.3, 0.4) is 0 Å². The van der Waals surface area contributed by atoms with Crippen LogP contribution in [0.15, 0.2) is 30.3 Å². The quantitative estimate of drug-likeness (QED) is 0.800. The number of nitrogens with zero attached hydrogens (tertiary/aromatic N) is 1. The minimum Gasteiger partial charge on any atom is -0.365 e. The van der Waals surface area contributed by atoms with E-state index in [9.17, 15) is 0 Å². The fourth-order valence-corrected chi connectivity index (χ4v) is 2.81. The van der Waals surface area contributed by atoms with Gasteiger partial charge < -0.3 is 10.6 Å². The van der Waals surface area contributed by atoms with Gasteiger partial charge in [-0.05, 0) is 37.9 Å². The Labute approximate surface area is 120 Å². The van der Waals surface area contributed by atoms with Crippen molar-refractivity contribution in [1.29, 1.82) is 0 Å². The Kier molecular flexibility index (Phi) is 4.02. The summed E-state index contributed by atoms with van der Waals surface area (Å²) in [4.78, 5) is 0. The van der Waals surface area contributed by atoms with Gasteiger partial charge in [0.05, 0.1) is 0 Å². The molecule has 1 aromatic carbocycles. The van der Waals surface area contributed by atoms with Gasteiger partial charge in [0.15, 0.2) is 5.82 Å². The molecule has 1 fully saturated rings. The number of H-pyrrole nitrogens is 1. The van der Waals surface area contributed by atoms with Gasteiger partial charge in [0.2, 0.25) is 0 Å². The number of aryl methyl sites for hydroxylation is 1. The summed E-state index contributed by atoms with van der Waals surface area (Å²) in [5.74, 6) is 1.000. The molecule has 3 rings (SSSR count). The molecule has 0 bridgehead atoms. The number of rotatable bonds is 4. The third-order valence-electron chi connectivity index (χ3n) is 3.94. The van der Waals surface area contributed by atoms with E-state index in [0.29, 0.717) is 6.04 Å². The van der Waals surface area contributed by atoms with Crippen LogP contribution in [-0.2, 0) is 6.42 Å². The highest BCUT2D eigenvalue weighted by Gasteiger charge is 2.18. The Hall–Kier alpha value is -1.81. The topological polar surface area (TPSA) is 52.7 Å². The van der Waals surface area contributed by atoms with Crippen LogP contribution in [0.2, 0.25) is 0 Å². The van der Waals surface area contributed by atoms with Crippen LogP contribution in [0, 0.1) is 0 Å². The van der Waals surface area contributed by atoms with Gasteiger partial charge in [-0.15, -0.1) is 0 Å². The van der Waals surface area contributed by atoms with E-state index < -0.39 is 0 Å². The average molecular weight is 270 g/mol. The number of hydrogen-bond donors (Lipinski definition) is 3. The second-order valence-corrected chi connectivity index (χ2v) is 5.31. The number of aromatic nitrogens is 2. The lowest BCUT2D eigenvalue weighted by Crippen LogP contribution is -2.35. The molecule has 2 aromatic rings. The molecule has 0 radical (unpaired) electrons. The van der Waals surface area contributed by atoms with Crippen LogP contribution in [0.25, 0.3) is 11.1 Å². The van der Waals surface area contributed by atoms with Crippen LogP contribution in [0.4, 0.5) is 5.82 Å². The second-order valence-electron chi connectivity index (χ2n) is 5.31. The fourth-order valence-electron chi connectivity index (χ4n) is 2.81. The first-order valence-corrected chi connectivity index (χ1v) is 7.48. The standard InChI is InChI=1S/C16H22N4/c1-2-14-15(12-6-4-3-5-7-12)16(20-19-14)18-13-8-10-17-11-9-13/h3-7,13,17H,2,8-11H2,1H3,(H2,18,19,20). The molecular weight excluding hydrogens is 248 g/mol. The van der Waals surface area contributed by atoms with E-state index in [1.54, 1.807) is 0 Å². The van der Waals surface area contributed by atoms with Gasteiger partial charge in [-0.2, -0.15) is 5.10 Å². The third-order valence-corrected chi connectivity index (χ3v) is 3.94. The number of aromatic amines is 1. The van der Waals surface area contributed by atoms with Gasteiger partial charge in [-0.25, -0.2) is 0 Å². The fraction of sp³-hybridized carbons (Fsp3) is 0.438. The summed E-state index contributed by atoms with van der Waals surface area (Å²) in [5, 5.41) is 14.7. The predicted octanol–water partition coefficient (Wildman–Crippen LogP) is 2.80. The molecule has 1 aliphatic rings. The minimum absolute atomic E-state index is 0.520. The second kappa shape index (κ2) is 6.09. The zero-order valence-corrected chi connectivity index (χ0v) is 11.9. The summed E-state index contributed by atoms with van der Waals surface area (Å²) < 4.78 is 0. The molecule has 0 atom stereocenters. The molecule has 20 heavy (non-hydrogen) atoms. The smallest absolute Gasteiger partial charge is 0.156 e. The summed E-state index contributed by atoms with van der Waals surface area (Å²) in [6.45, 7) is 4.33. The van der Waals surface area contributed by atoms with Crippen LogP contribution >= 0.6 is 0 Å². The van der Waals surface area contributed by atoms with E-state index in [1.807, 2.05) is 0 Å². The predicted molar refractivity (Wildman–Crippen MR) is 82.9 cm³/mol.